The van der Waals surface area contributed by atoms with Crippen molar-refractivity contribution < 1.29 is 13.2 Å². The molecule has 0 fully saturated rings. The van der Waals surface area contributed by atoms with Gasteiger partial charge in [0.25, 0.3) is 0 Å². The van der Waals surface area contributed by atoms with Crippen LogP contribution in [0.2, 0.25) is 0 Å². The Labute approximate surface area is 121 Å². The van der Waals surface area contributed by atoms with Crippen LogP contribution >= 0.6 is 0 Å². The highest BCUT2D eigenvalue weighted by Crippen LogP contribution is 2.35. The normalized spacial score (nSPS) is 13.1. The summed E-state index contributed by atoms with van der Waals surface area (Å²) < 4.78 is 39.1. The first-order valence-corrected chi connectivity index (χ1v) is 6.54. The third-order valence-corrected chi connectivity index (χ3v) is 3.26. The van der Waals surface area contributed by atoms with E-state index in [0.29, 0.717) is 12.8 Å². The summed E-state index contributed by atoms with van der Waals surface area (Å²) in [6.45, 7) is 0. The summed E-state index contributed by atoms with van der Waals surface area (Å²) in [6, 6.07) is 10.4. The van der Waals surface area contributed by atoms with Crippen LogP contribution in [0.5, 0.6) is 0 Å². The number of halogens is 3. The fourth-order valence-corrected chi connectivity index (χ4v) is 2.23. The summed E-state index contributed by atoms with van der Waals surface area (Å²) in [5, 5.41) is 0. The van der Waals surface area contributed by atoms with Crippen LogP contribution in [0, 0.1) is 0 Å². The van der Waals surface area contributed by atoms with Gasteiger partial charge < -0.3 is 0 Å². The van der Waals surface area contributed by atoms with Crippen molar-refractivity contribution in [3.63, 3.8) is 0 Å². The number of hydrazine groups is 1. The van der Waals surface area contributed by atoms with Crippen LogP contribution in [0.15, 0.2) is 48.7 Å². The molecule has 1 unspecified atom stereocenters. The van der Waals surface area contributed by atoms with Gasteiger partial charge in [0, 0.05) is 17.9 Å². The molecule has 0 spiro atoms. The van der Waals surface area contributed by atoms with Crippen molar-refractivity contribution in [3.05, 3.63) is 65.5 Å². The number of aryl methyl sites for hydroxylation is 1. The third kappa shape index (κ3) is 4.03. The van der Waals surface area contributed by atoms with E-state index in [1.807, 2.05) is 12.1 Å². The lowest BCUT2D eigenvalue weighted by atomic mass is 9.96. The fraction of sp³-hybridized carbons (Fsp3) is 0.267. The topological polar surface area (TPSA) is 50.9 Å². The SMILES string of the molecule is NNC(CCc1ccccn1)c1ccccc1C(F)(F)F. The van der Waals surface area contributed by atoms with Crippen LogP contribution in [-0.2, 0) is 12.6 Å². The Morgan fingerprint density at radius 2 is 1.81 bits per heavy atom. The number of benzene rings is 1. The fourth-order valence-electron chi connectivity index (χ4n) is 2.23. The molecule has 6 heteroatoms. The maximum atomic E-state index is 13.0. The Hall–Kier alpha value is -1.92. The lowest BCUT2D eigenvalue weighted by Gasteiger charge is -2.21. The Morgan fingerprint density at radius 1 is 1.10 bits per heavy atom. The first-order valence-electron chi connectivity index (χ1n) is 6.54. The van der Waals surface area contributed by atoms with Gasteiger partial charge in [-0.1, -0.05) is 24.3 Å². The molecule has 21 heavy (non-hydrogen) atoms. The average molecular weight is 295 g/mol. The first-order chi connectivity index (χ1) is 10.0. The van der Waals surface area contributed by atoms with Crippen LogP contribution < -0.4 is 11.3 Å². The van der Waals surface area contributed by atoms with Crippen molar-refractivity contribution in [1.29, 1.82) is 0 Å². The van der Waals surface area contributed by atoms with Gasteiger partial charge in [-0.3, -0.25) is 16.3 Å². The Bertz CT molecular complexity index is 570. The average Bonchev–Trinajstić information content (AvgIpc) is 2.48. The number of nitrogens with one attached hydrogen (secondary N) is 1. The minimum Gasteiger partial charge on any atom is -0.271 e. The summed E-state index contributed by atoms with van der Waals surface area (Å²) >= 11 is 0. The van der Waals surface area contributed by atoms with Crippen LogP contribution in [0.25, 0.3) is 0 Å². The number of nitrogens with two attached hydrogens (primary N) is 1. The summed E-state index contributed by atoms with van der Waals surface area (Å²) in [5.41, 5.74) is 2.79. The highest BCUT2D eigenvalue weighted by molar-refractivity contribution is 5.32. The van der Waals surface area contributed by atoms with Crippen LogP contribution in [0.4, 0.5) is 13.2 Å². The minimum atomic E-state index is -4.39. The molecule has 1 atom stereocenters. The maximum absolute atomic E-state index is 13.0. The second-order valence-corrected chi connectivity index (χ2v) is 4.66. The van der Waals surface area contributed by atoms with Crippen molar-refractivity contribution in [1.82, 2.24) is 10.4 Å². The molecule has 0 saturated carbocycles. The van der Waals surface area contributed by atoms with Gasteiger partial charge in [0.2, 0.25) is 0 Å². The molecular formula is C15H16F3N3. The lowest BCUT2D eigenvalue weighted by molar-refractivity contribution is -0.138. The predicted molar refractivity (Wildman–Crippen MR) is 74.1 cm³/mol. The minimum absolute atomic E-state index is 0.156. The molecule has 0 saturated heterocycles. The quantitative estimate of drug-likeness (QED) is 0.657. The highest BCUT2D eigenvalue weighted by Gasteiger charge is 2.34. The van der Waals surface area contributed by atoms with E-state index in [-0.39, 0.29) is 5.56 Å². The third-order valence-electron chi connectivity index (χ3n) is 3.26. The van der Waals surface area contributed by atoms with Crippen LogP contribution in [-0.4, -0.2) is 4.98 Å². The molecule has 0 amide bonds. The van der Waals surface area contributed by atoms with E-state index in [4.69, 9.17) is 5.84 Å². The van der Waals surface area contributed by atoms with Crippen molar-refractivity contribution in [2.75, 3.05) is 0 Å². The van der Waals surface area contributed by atoms with E-state index in [2.05, 4.69) is 10.4 Å². The van der Waals surface area contributed by atoms with Crippen molar-refractivity contribution in [2.45, 2.75) is 25.1 Å². The molecule has 1 heterocycles. The second-order valence-electron chi connectivity index (χ2n) is 4.66. The molecule has 0 radical (unpaired) electrons. The van der Waals surface area contributed by atoms with Gasteiger partial charge in [0.05, 0.1) is 5.56 Å². The van der Waals surface area contributed by atoms with Crippen molar-refractivity contribution in [2.24, 2.45) is 5.84 Å². The number of nitrogens with zero attached hydrogens (tertiary/aromatic N) is 1. The van der Waals surface area contributed by atoms with Crippen LogP contribution in [0.3, 0.4) is 0 Å². The molecule has 3 nitrogen and oxygen atoms in total. The maximum Gasteiger partial charge on any atom is 0.416 e. The van der Waals surface area contributed by atoms with Crippen molar-refractivity contribution >= 4 is 0 Å². The standard InChI is InChI=1S/C15H16F3N3/c16-15(17,18)13-7-2-1-6-12(13)14(21-19)9-8-11-5-3-4-10-20-11/h1-7,10,14,21H,8-9,19H2. The number of hydrogen-bond acceptors (Lipinski definition) is 3. The summed E-state index contributed by atoms with van der Waals surface area (Å²) in [6.07, 6.45) is -1.76. The first kappa shape index (κ1) is 15.5. The number of alkyl halides is 3. The van der Waals surface area contributed by atoms with E-state index < -0.39 is 17.8 Å². The van der Waals surface area contributed by atoms with Gasteiger partial charge >= 0.3 is 6.18 Å². The largest absolute Gasteiger partial charge is 0.416 e. The number of hydrogen-bond donors (Lipinski definition) is 2. The van der Waals surface area contributed by atoms with E-state index >= 15 is 0 Å². The zero-order chi connectivity index (χ0) is 15.3. The molecule has 0 aliphatic carbocycles. The van der Waals surface area contributed by atoms with Gasteiger partial charge in [-0.2, -0.15) is 13.2 Å². The smallest absolute Gasteiger partial charge is 0.271 e. The molecule has 1 aromatic carbocycles. The summed E-state index contributed by atoms with van der Waals surface area (Å²) in [4.78, 5) is 4.16. The van der Waals surface area contributed by atoms with Gasteiger partial charge in [-0.25, -0.2) is 0 Å². The predicted octanol–water partition coefficient (Wildman–Crippen LogP) is 3.24. The molecule has 112 valence electrons. The molecule has 0 aliphatic heterocycles. The van der Waals surface area contributed by atoms with E-state index in [1.54, 1.807) is 18.3 Å². The monoisotopic (exact) mass is 295 g/mol. The van der Waals surface area contributed by atoms with Gasteiger partial charge in [-0.15, -0.1) is 0 Å². The Kier molecular flexibility index (Phi) is 4.93. The molecule has 3 N–H and O–H groups in total. The van der Waals surface area contributed by atoms with Crippen molar-refractivity contribution in [3.8, 4) is 0 Å². The van der Waals surface area contributed by atoms with E-state index in [9.17, 15) is 13.2 Å². The molecule has 1 aromatic heterocycles. The Morgan fingerprint density at radius 3 is 2.43 bits per heavy atom. The van der Waals surface area contributed by atoms with Gasteiger partial charge in [0.15, 0.2) is 0 Å². The molecule has 0 aliphatic rings. The zero-order valence-corrected chi connectivity index (χ0v) is 11.3. The second kappa shape index (κ2) is 6.69. The highest BCUT2D eigenvalue weighted by atomic mass is 19.4. The number of pyridine rings is 1. The molecule has 2 rings (SSSR count). The van der Waals surface area contributed by atoms with Crippen LogP contribution in [0.1, 0.15) is 29.3 Å². The van der Waals surface area contributed by atoms with Gasteiger partial charge in [-0.05, 0) is 36.6 Å². The summed E-state index contributed by atoms with van der Waals surface area (Å²) in [7, 11) is 0. The zero-order valence-electron chi connectivity index (χ0n) is 11.3. The lowest BCUT2D eigenvalue weighted by Crippen LogP contribution is -2.30. The Balaban J connectivity index is 2.18. The number of rotatable bonds is 5. The molecule has 2 aromatic rings. The number of aromatic nitrogens is 1. The molecule has 0 bridgehead atoms. The molecular weight excluding hydrogens is 279 g/mol. The van der Waals surface area contributed by atoms with E-state index in [1.165, 1.54) is 12.1 Å². The van der Waals surface area contributed by atoms with E-state index in [0.717, 1.165) is 11.8 Å². The summed E-state index contributed by atoms with van der Waals surface area (Å²) in [5.74, 6) is 5.44. The van der Waals surface area contributed by atoms with Gasteiger partial charge in [0.1, 0.15) is 0 Å².